The molecule has 1 heterocycles. The van der Waals surface area contributed by atoms with Crippen molar-refractivity contribution in [1.29, 1.82) is 0 Å². The molecule has 0 aliphatic heterocycles. The molecule has 0 unspecified atom stereocenters. The highest BCUT2D eigenvalue weighted by Gasteiger charge is 2.25. The van der Waals surface area contributed by atoms with Crippen molar-refractivity contribution in [3.8, 4) is 11.5 Å². The number of nitrogens with zero attached hydrogens (tertiary/aromatic N) is 2. The van der Waals surface area contributed by atoms with Crippen LogP contribution >= 0.6 is 0 Å². The van der Waals surface area contributed by atoms with Crippen LogP contribution in [0, 0.1) is 0 Å². The topological polar surface area (TPSA) is 62.3 Å². The number of rotatable bonds is 6. The molecule has 1 fully saturated rings. The van der Waals surface area contributed by atoms with E-state index in [1.807, 2.05) is 30.7 Å². The zero-order valence-electron chi connectivity index (χ0n) is 11.6. The molecule has 2 aromatic rings. The molecule has 1 aromatic carbocycles. The van der Waals surface area contributed by atoms with Gasteiger partial charge in [-0.25, -0.2) is 4.98 Å². The van der Waals surface area contributed by atoms with Crippen LogP contribution in [-0.4, -0.2) is 16.7 Å². The molecule has 0 spiro atoms. The highest BCUT2D eigenvalue weighted by atomic mass is 16.5. The van der Waals surface area contributed by atoms with E-state index in [2.05, 4.69) is 9.55 Å². The van der Waals surface area contributed by atoms with Crippen molar-refractivity contribution in [3.05, 3.63) is 42.0 Å². The van der Waals surface area contributed by atoms with Crippen molar-refractivity contribution in [1.82, 2.24) is 9.55 Å². The predicted molar refractivity (Wildman–Crippen MR) is 75.7 cm³/mol. The maximum atomic E-state index is 5.95. The molecule has 20 heavy (non-hydrogen) atoms. The van der Waals surface area contributed by atoms with Gasteiger partial charge in [0.1, 0.15) is 6.61 Å². The first kappa shape index (κ1) is 13.0. The lowest BCUT2D eigenvalue weighted by atomic mass is 10.2. The standard InChI is InChI=1S/C15H19N3O2/c1-19-14-4-2-3-11(7-16)15(14)20-9-13-8-17-10-18(13)12-5-6-12/h2-4,8,10,12H,5-7,9,16H2,1H3. The van der Waals surface area contributed by atoms with Gasteiger partial charge in [0.25, 0.3) is 0 Å². The Bertz CT molecular complexity index is 568. The normalized spacial score (nSPS) is 14.3. The van der Waals surface area contributed by atoms with Gasteiger partial charge in [0.15, 0.2) is 11.5 Å². The van der Waals surface area contributed by atoms with Gasteiger partial charge in [0.05, 0.1) is 25.3 Å². The lowest BCUT2D eigenvalue weighted by molar-refractivity contribution is 0.273. The molecular weight excluding hydrogens is 254 g/mol. The smallest absolute Gasteiger partial charge is 0.166 e. The maximum Gasteiger partial charge on any atom is 0.166 e. The van der Waals surface area contributed by atoms with E-state index in [1.54, 1.807) is 7.11 Å². The summed E-state index contributed by atoms with van der Waals surface area (Å²) >= 11 is 0. The fraction of sp³-hybridized carbons (Fsp3) is 0.400. The number of para-hydroxylation sites is 1. The Labute approximate surface area is 118 Å². The largest absolute Gasteiger partial charge is 0.493 e. The molecule has 3 rings (SSSR count). The first-order valence-corrected chi connectivity index (χ1v) is 6.83. The van der Waals surface area contributed by atoms with Crippen molar-refractivity contribution in [2.24, 2.45) is 5.73 Å². The van der Waals surface area contributed by atoms with Gasteiger partial charge < -0.3 is 19.8 Å². The molecule has 0 atom stereocenters. The minimum Gasteiger partial charge on any atom is -0.493 e. The van der Waals surface area contributed by atoms with Crippen molar-refractivity contribution >= 4 is 0 Å². The summed E-state index contributed by atoms with van der Waals surface area (Å²) < 4.78 is 13.5. The van der Waals surface area contributed by atoms with Crippen LogP contribution in [0.4, 0.5) is 0 Å². The minimum atomic E-state index is 0.425. The Hall–Kier alpha value is -2.01. The third-order valence-corrected chi connectivity index (χ3v) is 3.55. The first-order chi connectivity index (χ1) is 9.83. The molecule has 1 aromatic heterocycles. The maximum absolute atomic E-state index is 5.95. The van der Waals surface area contributed by atoms with Crippen LogP contribution in [0.3, 0.4) is 0 Å². The van der Waals surface area contributed by atoms with Crippen LogP contribution in [0.15, 0.2) is 30.7 Å². The fourth-order valence-electron chi connectivity index (χ4n) is 2.32. The number of hydrogen-bond acceptors (Lipinski definition) is 4. The summed E-state index contributed by atoms with van der Waals surface area (Å²) in [6.45, 7) is 0.901. The summed E-state index contributed by atoms with van der Waals surface area (Å²) in [6.07, 6.45) is 6.19. The highest BCUT2D eigenvalue weighted by molar-refractivity contribution is 5.46. The second-order valence-corrected chi connectivity index (χ2v) is 4.96. The van der Waals surface area contributed by atoms with E-state index < -0.39 is 0 Å². The van der Waals surface area contributed by atoms with E-state index >= 15 is 0 Å². The molecule has 106 valence electrons. The predicted octanol–water partition coefficient (Wildman–Crippen LogP) is 2.26. The molecule has 0 radical (unpaired) electrons. The number of aromatic nitrogens is 2. The summed E-state index contributed by atoms with van der Waals surface area (Å²) in [6, 6.07) is 6.35. The van der Waals surface area contributed by atoms with Gasteiger partial charge in [0.2, 0.25) is 0 Å². The van der Waals surface area contributed by atoms with Crippen LogP contribution < -0.4 is 15.2 Å². The van der Waals surface area contributed by atoms with Crippen LogP contribution in [0.5, 0.6) is 11.5 Å². The Morgan fingerprint density at radius 2 is 2.25 bits per heavy atom. The number of imidazole rings is 1. The van der Waals surface area contributed by atoms with Gasteiger partial charge in [-0.2, -0.15) is 0 Å². The molecule has 0 saturated heterocycles. The third-order valence-electron chi connectivity index (χ3n) is 3.55. The summed E-state index contributed by atoms with van der Waals surface area (Å²) in [4.78, 5) is 4.21. The van der Waals surface area contributed by atoms with E-state index in [-0.39, 0.29) is 0 Å². The lowest BCUT2D eigenvalue weighted by Gasteiger charge is -2.15. The zero-order valence-corrected chi connectivity index (χ0v) is 11.6. The van der Waals surface area contributed by atoms with E-state index in [0.29, 0.717) is 24.9 Å². The van der Waals surface area contributed by atoms with Gasteiger partial charge in [-0.3, -0.25) is 0 Å². The number of ether oxygens (including phenoxy) is 2. The second kappa shape index (κ2) is 5.54. The number of nitrogens with two attached hydrogens (primary N) is 1. The molecule has 0 amide bonds. The summed E-state index contributed by atoms with van der Waals surface area (Å²) in [5.41, 5.74) is 7.79. The van der Waals surface area contributed by atoms with Gasteiger partial charge in [0, 0.05) is 18.2 Å². The molecule has 0 bridgehead atoms. The Balaban J connectivity index is 1.79. The quantitative estimate of drug-likeness (QED) is 0.877. The van der Waals surface area contributed by atoms with Gasteiger partial charge >= 0.3 is 0 Å². The lowest BCUT2D eigenvalue weighted by Crippen LogP contribution is -2.07. The van der Waals surface area contributed by atoms with Crippen LogP contribution in [0.1, 0.15) is 30.1 Å². The number of methoxy groups -OCH3 is 1. The van der Waals surface area contributed by atoms with Crippen LogP contribution in [0.2, 0.25) is 0 Å². The summed E-state index contributed by atoms with van der Waals surface area (Å²) in [5, 5.41) is 0. The monoisotopic (exact) mass is 273 g/mol. The molecular formula is C15H19N3O2. The number of benzene rings is 1. The van der Waals surface area contributed by atoms with Crippen LogP contribution in [-0.2, 0) is 13.2 Å². The first-order valence-electron chi connectivity index (χ1n) is 6.83. The summed E-state index contributed by atoms with van der Waals surface area (Å²) in [5.74, 6) is 1.44. The average molecular weight is 273 g/mol. The Kier molecular flexibility index (Phi) is 3.60. The molecule has 5 heteroatoms. The summed E-state index contributed by atoms with van der Waals surface area (Å²) in [7, 11) is 1.64. The van der Waals surface area contributed by atoms with Crippen molar-refractivity contribution < 1.29 is 9.47 Å². The van der Waals surface area contributed by atoms with Crippen molar-refractivity contribution in [2.75, 3.05) is 7.11 Å². The van der Waals surface area contributed by atoms with E-state index in [0.717, 1.165) is 17.0 Å². The molecule has 2 N–H and O–H groups in total. The van der Waals surface area contributed by atoms with E-state index in [1.165, 1.54) is 12.8 Å². The van der Waals surface area contributed by atoms with Gasteiger partial charge in [-0.05, 0) is 18.9 Å². The highest BCUT2D eigenvalue weighted by Crippen LogP contribution is 2.36. The molecule has 1 aliphatic carbocycles. The van der Waals surface area contributed by atoms with E-state index in [9.17, 15) is 0 Å². The van der Waals surface area contributed by atoms with Gasteiger partial charge in [-0.15, -0.1) is 0 Å². The van der Waals surface area contributed by atoms with Crippen molar-refractivity contribution in [2.45, 2.75) is 32.0 Å². The van der Waals surface area contributed by atoms with E-state index in [4.69, 9.17) is 15.2 Å². The molecule has 1 saturated carbocycles. The molecule has 5 nitrogen and oxygen atoms in total. The SMILES string of the molecule is COc1cccc(CN)c1OCc1cncn1C1CC1. The second-order valence-electron chi connectivity index (χ2n) is 4.96. The molecule has 1 aliphatic rings. The Morgan fingerprint density at radius 3 is 2.95 bits per heavy atom. The Morgan fingerprint density at radius 1 is 1.40 bits per heavy atom. The average Bonchev–Trinajstić information content (AvgIpc) is 3.23. The minimum absolute atomic E-state index is 0.425. The number of hydrogen-bond donors (Lipinski definition) is 1. The van der Waals surface area contributed by atoms with Gasteiger partial charge in [-0.1, -0.05) is 12.1 Å². The fourth-order valence-corrected chi connectivity index (χ4v) is 2.32. The van der Waals surface area contributed by atoms with Crippen LogP contribution in [0.25, 0.3) is 0 Å². The third kappa shape index (κ3) is 2.49. The van der Waals surface area contributed by atoms with Crippen molar-refractivity contribution in [3.63, 3.8) is 0 Å². The zero-order chi connectivity index (χ0) is 13.9.